The van der Waals surface area contributed by atoms with E-state index in [1.165, 1.54) is 43.8 Å². The van der Waals surface area contributed by atoms with Gasteiger partial charge in [0.05, 0.1) is 11.1 Å². The third kappa shape index (κ3) is 2.16. The first-order chi connectivity index (χ1) is 14.1. The molecule has 0 spiro atoms. The van der Waals surface area contributed by atoms with E-state index in [2.05, 4.69) is 90.9 Å². The number of benzene rings is 3. The van der Waals surface area contributed by atoms with Crippen molar-refractivity contribution in [2.75, 3.05) is 0 Å². The molecule has 0 N–H and O–H groups in total. The molecule has 140 valence electrons. The first kappa shape index (κ1) is 16.4. The van der Waals surface area contributed by atoms with Gasteiger partial charge in [0.15, 0.2) is 6.20 Å². The molecular formula is C26H21N2O+. The SMILES string of the molecule is Cc1oc2ccccc2c1-c1cc2c3ccc4ccccc4c3n(C)c2c[n+]1C. The van der Waals surface area contributed by atoms with Crippen LogP contribution in [0.1, 0.15) is 5.76 Å². The van der Waals surface area contributed by atoms with Gasteiger partial charge in [-0.15, -0.1) is 0 Å². The molecule has 3 heteroatoms. The van der Waals surface area contributed by atoms with Crippen molar-refractivity contribution in [2.24, 2.45) is 14.1 Å². The van der Waals surface area contributed by atoms with E-state index in [0.29, 0.717) is 0 Å². The molecule has 0 saturated carbocycles. The van der Waals surface area contributed by atoms with Crippen LogP contribution in [0.25, 0.3) is 54.8 Å². The molecule has 6 rings (SSSR count). The molecule has 0 amide bonds. The summed E-state index contributed by atoms with van der Waals surface area (Å²) in [5.41, 5.74) is 5.78. The van der Waals surface area contributed by atoms with E-state index in [-0.39, 0.29) is 0 Å². The lowest BCUT2D eigenvalue weighted by Gasteiger charge is -2.03. The van der Waals surface area contributed by atoms with E-state index >= 15 is 0 Å². The Morgan fingerprint density at radius 1 is 0.828 bits per heavy atom. The molecule has 0 bridgehead atoms. The maximum Gasteiger partial charge on any atom is 0.217 e. The number of para-hydroxylation sites is 1. The van der Waals surface area contributed by atoms with Gasteiger partial charge in [-0.3, -0.25) is 0 Å². The number of pyridine rings is 1. The van der Waals surface area contributed by atoms with Crippen molar-refractivity contribution in [1.82, 2.24) is 4.57 Å². The van der Waals surface area contributed by atoms with E-state index in [0.717, 1.165) is 16.7 Å². The summed E-state index contributed by atoms with van der Waals surface area (Å²) in [5, 5.41) is 6.27. The Morgan fingerprint density at radius 3 is 2.45 bits per heavy atom. The van der Waals surface area contributed by atoms with Crippen LogP contribution < -0.4 is 4.57 Å². The van der Waals surface area contributed by atoms with Gasteiger partial charge in [0.1, 0.15) is 23.9 Å². The van der Waals surface area contributed by atoms with E-state index in [1.807, 2.05) is 12.1 Å². The lowest BCUT2D eigenvalue weighted by molar-refractivity contribution is -0.659. The summed E-state index contributed by atoms with van der Waals surface area (Å²) in [6.07, 6.45) is 2.24. The fraction of sp³-hybridized carbons (Fsp3) is 0.115. The third-order valence-electron chi connectivity index (χ3n) is 6.17. The second-order valence-corrected chi connectivity index (χ2v) is 7.84. The van der Waals surface area contributed by atoms with Gasteiger partial charge < -0.3 is 8.98 Å². The number of aromatic nitrogens is 2. The fourth-order valence-corrected chi connectivity index (χ4v) is 4.81. The molecule has 0 aliphatic heterocycles. The third-order valence-corrected chi connectivity index (χ3v) is 6.17. The highest BCUT2D eigenvalue weighted by Crippen LogP contribution is 2.37. The van der Waals surface area contributed by atoms with Crippen molar-refractivity contribution in [1.29, 1.82) is 0 Å². The van der Waals surface area contributed by atoms with E-state index in [1.54, 1.807) is 0 Å². The highest BCUT2D eigenvalue weighted by Gasteiger charge is 2.23. The standard InChI is InChI=1S/C26H21N2O/c1-16-25(20-10-6-7-11-24(20)29-16)22-14-21-19-13-12-17-8-4-5-9-18(17)26(19)28(3)23(21)15-27(22)2/h4-15H,1-3H3/q+1. The summed E-state index contributed by atoms with van der Waals surface area (Å²) in [7, 11) is 4.28. The van der Waals surface area contributed by atoms with Gasteiger partial charge in [-0.05, 0) is 18.4 Å². The molecule has 3 aromatic carbocycles. The molecule has 6 aromatic rings. The summed E-state index contributed by atoms with van der Waals surface area (Å²) in [5.74, 6) is 0.951. The predicted octanol–water partition coefficient (Wildman–Crippen LogP) is 6.03. The lowest BCUT2D eigenvalue weighted by Crippen LogP contribution is -2.30. The summed E-state index contributed by atoms with van der Waals surface area (Å²) in [4.78, 5) is 0. The molecule has 0 fully saturated rings. The largest absolute Gasteiger partial charge is 0.460 e. The lowest BCUT2D eigenvalue weighted by atomic mass is 10.0. The number of aryl methyl sites for hydroxylation is 3. The van der Waals surface area contributed by atoms with Crippen molar-refractivity contribution < 1.29 is 8.98 Å². The molecule has 0 saturated heterocycles. The molecule has 3 heterocycles. The van der Waals surface area contributed by atoms with Crippen molar-refractivity contribution in [3.8, 4) is 11.3 Å². The molecule has 0 radical (unpaired) electrons. The van der Waals surface area contributed by atoms with Gasteiger partial charge in [0, 0.05) is 34.7 Å². The average Bonchev–Trinajstić information content (AvgIpc) is 3.21. The van der Waals surface area contributed by atoms with Crippen LogP contribution in [0, 0.1) is 6.92 Å². The van der Waals surface area contributed by atoms with Crippen molar-refractivity contribution >= 4 is 43.5 Å². The van der Waals surface area contributed by atoms with Crippen LogP contribution in [0.2, 0.25) is 0 Å². The second kappa shape index (κ2) is 5.71. The van der Waals surface area contributed by atoms with Crippen molar-refractivity contribution in [2.45, 2.75) is 6.92 Å². The second-order valence-electron chi connectivity index (χ2n) is 7.84. The van der Waals surface area contributed by atoms with E-state index < -0.39 is 0 Å². The minimum atomic E-state index is 0.934. The maximum atomic E-state index is 6.05. The van der Waals surface area contributed by atoms with Gasteiger partial charge in [-0.1, -0.05) is 54.6 Å². The quantitative estimate of drug-likeness (QED) is 0.321. The van der Waals surface area contributed by atoms with Crippen LogP contribution in [0.4, 0.5) is 0 Å². The minimum Gasteiger partial charge on any atom is -0.460 e. The number of rotatable bonds is 1. The number of hydrogen-bond donors (Lipinski definition) is 0. The summed E-state index contributed by atoms with van der Waals surface area (Å²) in [6.45, 7) is 2.05. The van der Waals surface area contributed by atoms with Gasteiger partial charge in [-0.2, -0.15) is 4.57 Å². The molecule has 0 aliphatic rings. The smallest absolute Gasteiger partial charge is 0.217 e. The number of fused-ring (bicyclic) bond motifs is 6. The minimum absolute atomic E-state index is 0.934. The zero-order valence-corrected chi connectivity index (χ0v) is 16.7. The average molecular weight is 377 g/mol. The van der Waals surface area contributed by atoms with Crippen LogP contribution in [0.15, 0.2) is 77.3 Å². The first-order valence-electron chi connectivity index (χ1n) is 9.91. The number of hydrogen-bond acceptors (Lipinski definition) is 1. The van der Waals surface area contributed by atoms with Gasteiger partial charge in [-0.25, -0.2) is 0 Å². The molecule has 0 atom stereocenters. The highest BCUT2D eigenvalue weighted by atomic mass is 16.3. The predicted molar refractivity (Wildman–Crippen MR) is 119 cm³/mol. The zero-order chi connectivity index (χ0) is 19.7. The van der Waals surface area contributed by atoms with Crippen LogP contribution >= 0.6 is 0 Å². The van der Waals surface area contributed by atoms with Crippen LogP contribution in [-0.2, 0) is 14.1 Å². The van der Waals surface area contributed by atoms with Gasteiger partial charge in [0.2, 0.25) is 5.69 Å². The number of nitrogens with zero attached hydrogens (tertiary/aromatic N) is 2. The Kier molecular flexibility index (Phi) is 3.22. The van der Waals surface area contributed by atoms with Crippen LogP contribution in [0.5, 0.6) is 0 Å². The first-order valence-corrected chi connectivity index (χ1v) is 9.91. The van der Waals surface area contributed by atoms with Crippen LogP contribution in [-0.4, -0.2) is 4.57 Å². The summed E-state index contributed by atoms with van der Waals surface area (Å²) in [6, 6.07) is 23.7. The summed E-state index contributed by atoms with van der Waals surface area (Å²) >= 11 is 0. The van der Waals surface area contributed by atoms with E-state index in [9.17, 15) is 0 Å². The van der Waals surface area contributed by atoms with Gasteiger partial charge in [0.25, 0.3) is 0 Å². The molecular weight excluding hydrogens is 356 g/mol. The Balaban J connectivity index is 1.76. The van der Waals surface area contributed by atoms with Gasteiger partial charge >= 0.3 is 0 Å². The van der Waals surface area contributed by atoms with Crippen molar-refractivity contribution in [3.05, 3.63) is 78.7 Å². The fourth-order valence-electron chi connectivity index (χ4n) is 4.81. The zero-order valence-electron chi connectivity index (χ0n) is 16.7. The molecule has 3 aromatic heterocycles. The Bertz CT molecular complexity index is 1580. The van der Waals surface area contributed by atoms with Crippen LogP contribution in [0.3, 0.4) is 0 Å². The highest BCUT2D eigenvalue weighted by molar-refractivity contribution is 6.17. The normalized spacial score (nSPS) is 12.0. The molecule has 3 nitrogen and oxygen atoms in total. The Hall–Kier alpha value is -3.59. The Morgan fingerprint density at radius 2 is 1.59 bits per heavy atom. The monoisotopic (exact) mass is 377 g/mol. The topological polar surface area (TPSA) is 21.9 Å². The van der Waals surface area contributed by atoms with Crippen molar-refractivity contribution in [3.63, 3.8) is 0 Å². The maximum absolute atomic E-state index is 6.05. The molecule has 0 unspecified atom stereocenters. The van der Waals surface area contributed by atoms with E-state index in [4.69, 9.17) is 4.42 Å². The number of furan rings is 1. The Labute approximate surface area is 168 Å². The summed E-state index contributed by atoms with van der Waals surface area (Å²) < 4.78 is 10.6. The molecule has 0 aliphatic carbocycles. The molecule has 29 heavy (non-hydrogen) atoms.